The highest BCUT2D eigenvalue weighted by Crippen LogP contribution is 2.26. The van der Waals surface area contributed by atoms with E-state index in [0.717, 1.165) is 11.3 Å². The Morgan fingerprint density at radius 2 is 1.83 bits per heavy atom. The van der Waals surface area contributed by atoms with Crippen molar-refractivity contribution in [2.24, 2.45) is 0 Å². The van der Waals surface area contributed by atoms with Crippen molar-refractivity contribution >= 4 is 32.4 Å². The van der Waals surface area contributed by atoms with Crippen LogP contribution in [0.15, 0.2) is 34.5 Å². The SMILES string of the molecule is Cc1ccc(S(=O)(=O)NCC(=O)Nc2nc(C(C)(C)C)cs2)cc1. The van der Waals surface area contributed by atoms with Gasteiger partial charge in [0.25, 0.3) is 0 Å². The third-order valence-electron chi connectivity index (χ3n) is 3.27. The second-order valence-electron chi connectivity index (χ2n) is 6.47. The Kier molecular flexibility index (Phi) is 5.42. The van der Waals surface area contributed by atoms with Crippen LogP contribution in [0, 0.1) is 6.92 Å². The summed E-state index contributed by atoms with van der Waals surface area (Å²) < 4.78 is 26.6. The maximum Gasteiger partial charge on any atom is 0.241 e. The molecule has 0 saturated heterocycles. The number of hydrogen-bond donors (Lipinski definition) is 2. The zero-order valence-corrected chi connectivity index (χ0v) is 15.7. The van der Waals surface area contributed by atoms with Crippen LogP contribution in [0.25, 0.3) is 0 Å². The molecule has 0 fully saturated rings. The Morgan fingerprint density at radius 1 is 1.21 bits per heavy atom. The summed E-state index contributed by atoms with van der Waals surface area (Å²) in [7, 11) is -3.71. The van der Waals surface area contributed by atoms with E-state index in [-0.39, 0.29) is 16.9 Å². The lowest BCUT2D eigenvalue weighted by atomic mass is 9.93. The first kappa shape index (κ1) is 18.6. The number of benzene rings is 1. The van der Waals surface area contributed by atoms with Crippen LogP contribution >= 0.6 is 11.3 Å². The first-order valence-electron chi connectivity index (χ1n) is 7.40. The van der Waals surface area contributed by atoms with Gasteiger partial charge in [-0.25, -0.2) is 18.1 Å². The largest absolute Gasteiger partial charge is 0.301 e. The van der Waals surface area contributed by atoms with Crippen LogP contribution in [0.4, 0.5) is 5.13 Å². The molecular weight excluding hydrogens is 346 g/mol. The summed E-state index contributed by atoms with van der Waals surface area (Å²) in [6, 6.07) is 6.43. The van der Waals surface area contributed by atoms with Gasteiger partial charge in [0.15, 0.2) is 5.13 Å². The molecule has 0 bridgehead atoms. The summed E-state index contributed by atoms with van der Waals surface area (Å²) >= 11 is 1.32. The number of sulfonamides is 1. The lowest BCUT2D eigenvalue weighted by molar-refractivity contribution is -0.115. The van der Waals surface area contributed by atoms with E-state index in [2.05, 4.69) is 15.0 Å². The van der Waals surface area contributed by atoms with Crippen LogP contribution in [-0.4, -0.2) is 25.9 Å². The first-order valence-corrected chi connectivity index (χ1v) is 9.76. The molecule has 0 saturated carbocycles. The molecule has 6 nitrogen and oxygen atoms in total. The fraction of sp³-hybridized carbons (Fsp3) is 0.375. The number of carbonyl (C=O) groups excluding carboxylic acids is 1. The van der Waals surface area contributed by atoms with Gasteiger partial charge in [-0.3, -0.25) is 4.79 Å². The van der Waals surface area contributed by atoms with Gasteiger partial charge in [0.2, 0.25) is 15.9 Å². The average molecular weight is 367 g/mol. The molecule has 0 aliphatic rings. The number of carbonyl (C=O) groups is 1. The molecule has 0 aliphatic carbocycles. The van der Waals surface area contributed by atoms with Gasteiger partial charge >= 0.3 is 0 Å². The van der Waals surface area contributed by atoms with E-state index in [1.54, 1.807) is 12.1 Å². The Hall–Kier alpha value is -1.77. The highest BCUT2D eigenvalue weighted by atomic mass is 32.2. The van der Waals surface area contributed by atoms with Crippen molar-refractivity contribution in [3.8, 4) is 0 Å². The third-order valence-corrected chi connectivity index (χ3v) is 5.45. The zero-order chi connectivity index (χ0) is 18.0. The molecule has 1 amide bonds. The van der Waals surface area contributed by atoms with E-state index in [9.17, 15) is 13.2 Å². The number of hydrogen-bond acceptors (Lipinski definition) is 5. The van der Waals surface area contributed by atoms with Gasteiger partial charge in [-0.05, 0) is 19.1 Å². The molecule has 1 aromatic heterocycles. The van der Waals surface area contributed by atoms with E-state index < -0.39 is 15.9 Å². The summed E-state index contributed by atoms with van der Waals surface area (Å²) in [5.41, 5.74) is 1.74. The predicted octanol–water partition coefficient (Wildman–Crippen LogP) is 2.67. The van der Waals surface area contributed by atoms with Crippen molar-refractivity contribution in [1.29, 1.82) is 0 Å². The average Bonchev–Trinajstić information content (AvgIpc) is 2.94. The number of aromatic nitrogens is 1. The van der Waals surface area contributed by atoms with Crippen LogP contribution in [0.3, 0.4) is 0 Å². The molecule has 0 atom stereocenters. The topological polar surface area (TPSA) is 88.2 Å². The quantitative estimate of drug-likeness (QED) is 0.850. The summed E-state index contributed by atoms with van der Waals surface area (Å²) in [4.78, 5) is 16.4. The Morgan fingerprint density at radius 3 is 2.38 bits per heavy atom. The van der Waals surface area contributed by atoms with E-state index in [1.165, 1.54) is 23.5 Å². The fourth-order valence-corrected chi connectivity index (χ4v) is 3.74. The summed E-state index contributed by atoms with van der Waals surface area (Å²) in [5.74, 6) is -0.458. The van der Waals surface area contributed by atoms with Gasteiger partial charge in [-0.2, -0.15) is 0 Å². The van der Waals surface area contributed by atoms with Crippen LogP contribution in [-0.2, 0) is 20.2 Å². The predicted molar refractivity (Wildman–Crippen MR) is 95.8 cm³/mol. The van der Waals surface area contributed by atoms with Crippen molar-refractivity contribution in [1.82, 2.24) is 9.71 Å². The number of rotatable bonds is 5. The van der Waals surface area contributed by atoms with E-state index in [0.29, 0.717) is 5.13 Å². The highest BCUT2D eigenvalue weighted by Gasteiger charge is 2.19. The van der Waals surface area contributed by atoms with E-state index in [4.69, 9.17) is 0 Å². The van der Waals surface area contributed by atoms with Gasteiger partial charge in [-0.15, -0.1) is 11.3 Å². The van der Waals surface area contributed by atoms with E-state index in [1.807, 2.05) is 33.1 Å². The number of amides is 1. The molecule has 1 heterocycles. The number of anilines is 1. The van der Waals surface area contributed by atoms with Crippen LogP contribution in [0.1, 0.15) is 32.0 Å². The van der Waals surface area contributed by atoms with Crippen molar-refractivity contribution in [2.45, 2.75) is 38.0 Å². The third kappa shape index (κ3) is 4.86. The van der Waals surface area contributed by atoms with Gasteiger partial charge in [0, 0.05) is 10.8 Å². The maximum atomic E-state index is 12.1. The van der Waals surface area contributed by atoms with Crippen LogP contribution < -0.4 is 10.0 Å². The second-order valence-corrected chi connectivity index (χ2v) is 9.10. The number of thiazole rings is 1. The number of aryl methyl sites for hydroxylation is 1. The molecule has 0 unspecified atom stereocenters. The Balaban J connectivity index is 1.95. The Labute approximate surface area is 146 Å². The summed E-state index contributed by atoms with van der Waals surface area (Å²) in [6.45, 7) is 7.62. The lowest BCUT2D eigenvalue weighted by Gasteiger charge is -2.14. The van der Waals surface area contributed by atoms with Crippen molar-refractivity contribution in [3.63, 3.8) is 0 Å². The van der Waals surface area contributed by atoms with Gasteiger partial charge in [0.1, 0.15) is 0 Å². The molecule has 8 heteroatoms. The molecule has 24 heavy (non-hydrogen) atoms. The van der Waals surface area contributed by atoms with Crippen molar-refractivity contribution < 1.29 is 13.2 Å². The molecular formula is C16H21N3O3S2. The zero-order valence-electron chi connectivity index (χ0n) is 14.1. The molecule has 0 spiro atoms. The van der Waals surface area contributed by atoms with Gasteiger partial charge in [0.05, 0.1) is 17.1 Å². The van der Waals surface area contributed by atoms with Gasteiger partial charge in [-0.1, -0.05) is 38.5 Å². The molecule has 2 rings (SSSR count). The second kappa shape index (κ2) is 7.00. The molecule has 2 N–H and O–H groups in total. The molecule has 2 aromatic rings. The van der Waals surface area contributed by atoms with Gasteiger partial charge < -0.3 is 5.32 Å². The van der Waals surface area contributed by atoms with Crippen molar-refractivity contribution in [3.05, 3.63) is 40.9 Å². The normalized spacial score (nSPS) is 12.2. The fourth-order valence-electron chi connectivity index (χ4n) is 1.80. The molecule has 0 aliphatic heterocycles. The first-order chi connectivity index (χ1) is 11.1. The highest BCUT2D eigenvalue weighted by molar-refractivity contribution is 7.89. The number of nitrogens with zero attached hydrogens (tertiary/aromatic N) is 1. The standard InChI is InChI=1S/C16H21N3O3S2/c1-11-5-7-12(8-6-11)24(21,22)17-9-14(20)19-15-18-13(10-23-15)16(2,3)4/h5-8,10,17H,9H2,1-4H3,(H,18,19,20). The minimum absolute atomic E-state index is 0.105. The molecule has 130 valence electrons. The van der Waals surface area contributed by atoms with Crippen LogP contribution in [0.2, 0.25) is 0 Å². The smallest absolute Gasteiger partial charge is 0.241 e. The minimum Gasteiger partial charge on any atom is -0.301 e. The Bertz CT molecular complexity index is 819. The van der Waals surface area contributed by atoms with Crippen molar-refractivity contribution in [2.75, 3.05) is 11.9 Å². The van der Waals surface area contributed by atoms with Crippen LogP contribution in [0.5, 0.6) is 0 Å². The maximum absolute atomic E-state index is 12.1. The summed E-state index contributed by atoms with van der Waals surface area (Å²) in [6.07, 6.45) is 0. The van der Waals surface area contributed by atoms with E-state index >= 15 is 0 Å². The molecule has 1 aromatic carbocycles. The molecule has 0 radical (unpaired) electrons. The lowest BCUT2D eigenvalue weighted by Crippen LogP contribution is -2.32. The minimum atomic E-state index is -3.71. The monoisotopic (exact) mass is 367 g/mol. The number of nitrogens with one attached hydrogen (secondary N) is 2. The summed E-state index contributed by atoms with van der Waals surface area (Å²) in [5, 5.41) is 4.95.